The molecule has 18 heavy (non-hydrogen) atoms. The molecule has 1 N–H and O–H groups in total. The number of ether oxygens (including phenoxy) is 1. The maximum absolute atomic E-state index is 5.53. The number of rotatable bonds is 9. The maximum Gasteiger partial charge on any atom is 0.0489 e. The van der Waals surface area contributed by atoms with Crippen molar-refractivity contribution in [3.8, 4) is 0 Å². The molecule has 0 saturated heterocycles. The minimum absolute atomic E-state index is 0.632. The molecule has 1 aromatic rings. The monoisotopic (exact) mass is 267 g/mol. The molecule has 0 heterocycles. The molecule has 0 radical (unpaired) electrons. The van der Waals surface area contributed by atoms with Crippen molar-refractivity contribution in [2.24, 2.45) is 5.92 Å². The van der Waals surface area contributed by atoms with E-state index in [1.165, 1.54) is 10.5 Å². The van der Waals surface area contributed by atoms with Crippen LogP contribution in [0.15, 0.2) is 29.2 Å². The minimum Gasteiger partial charge on any atom is -0.381 e. The van der Waals surface area contributed by atoms with Gasteiger partial charge in [0.1, 0.15) is 0 Å². The molecular formula is C15H25NOS. The highest BCUT2D eigenvalue weighted by Crippen LogP contribution is 2.14. The lowest BCUT2D eigenvalue weighted by molar-refractivity contribution is 0.108. The van der Waals surface area contributed by atoms with E-state index in [1.54, 1.807) is 11.8 Å². The van der Waals surface area contributed by atoms with Crippen LogP contribution in [0.5, 0.6) is 0 Å². The molecule has 1 aromatic carbocycles. The Morgan fingerprint density at radius 2 is 1.94 bits per heavy atom. The van der Waals surface area contributed by atoms with Crippen LogP contribution in [0.3, 0.4) is 0 Å². The quantitative estimate of drug-likeness (QED) is 0.546. The predicted molar refractivity (Wildman–Crippen MR) is 80.2 cm³/mol. The van der Waals surface area contributed by atoms with Gasteiger partial charge in [-0.3, -0.25) is 0 Å². The molecule has 0 fully saturated rings. The van der Waals surface area contributed by atoms with E-state index in [1.807, 2.05) is 0 Å². The second kappa shape index (κ2) is 9.42. The first kappa shape index (κ1) is 15.5. The number of benzene rings is 1. The lowest BCUT2D eigenvalue weighted by Gasteiger charge is -2.08. The van der Waals surface area contributed by atoms with Gasteiger partial charge in [0.25, 0.3) is 0 Å². The van der Waals surface area contributed by atoms with Crippen LogP contribution >= 0.6 is 11.8 Å². The van der Waals surface area contributed by atoms with Gasteiger partial charge in [0.15, 0.2) is 0 Å². The van der Waals surface area contributed by atoms with E-state index in [0.717, 1.165) is 32.7 Å². The Balaban J connectivity index is 2.03. The average Bonchev–Trinajstić information content (AvgIpc) is 2.38. The third kappa shape index (κ3) is 7.04. The van der Waals surface area contributed by atoms with Crippen molar-refractivity contribution in [1.82, 2.24) is 5.32 Å². The van der Waals surface area contributed by atoms with Crippen molar-refractivity contribution in [2.45, 2.75) is 31.7 Å². The normalized spacial score (nSPS) is 11.1. The van der Waals surface area contributed by atoms with E-state index in [9.17, 15) is 0 Å². The van der Waals surface area contributed by atoms with E-state index in [0.29, 0.717) is 5.92 Å². The van der Waals surface area contributed by atoms with Gasteiger partial charge in [0.05, 0.1) is 0 Å². The third-order valence-electron chi connectivity index (χ3n) is 2.58. The molecule has 0 aliphatic heterocycles. The highest BCUT2D eigenvalue weighted by molar-refractivity contribution is 7.98. The lowest BCUT2D eigenvalue weighted by atomic mass is 10.2. The van der Waals surface area contributed by atoms with Crippen LogP contribution in [-0.2, 0) is 11.3 Å². The van der Waals surface area contributed by atoms with Crippen molar-refractivity contribution in [1.29, 1.82) is 0 Å². The molecule has 0 atom stereocenters. The number of thioether (sulfide) groups is 1. The Bertz CT molecular complexity index is 311. The van der Waals surface area contributed by atoms with E-state index in [2.05, 4.69) is 49.7 Å². The third-order valence-corrected chi connectivity index (χ3v) is 3.33. The molecule has 0 aromatic heterocycles. The summed E-state index contributed by atoms with van der Waals surface area (Å²) in [7, 11) is 0. The van der Waals surface area contributed by atoms with Crippen molar-refractivity contribution < 1.29 is 4.74 Å². The SMILES string of the molecule is CSc1ccc(CNCCCOCC(C)C)cc1. The average molecular weight is 267 g/mol. The van der Waals surface area contributed by atoms with Crippen molar-refractivity contribution in [2.75, 3.05) is 26.0 Å². The molecule has 102 valence electrons. The summed E-state index contributed by atoms with van der Waals surface area (Å²) in [6, 6.07) is 8.73. The molecule has 2 nitrogen and oxygen atoms in total. The van der Waals surface area contributed by atoms with Gasteiger partial charge in [-0.2, -0.15) is 0 Å². The largest absolute Gasteiger partial charge is 0.381 e. The fraction of sp³-hybridized carbons (Fsp3) is 0.600. The molecule has 0 aliphatic carbocycles. The standard InChI is InChI=1S/C15H25NOS/c1-13(2)12-17-10-4-9-16-11-14-5-7-15(18-3)8-6-14/h5-8,13,16H,4,9-12H2,1-3H3. The Morgan fingerprint density at radius 3 is 2.56 bits per heavy atom. The van der Waals surface area contributed by atoms with Gasteiger partial charge in [0.2, 0.25) is 0 Å². The molecule has 0 saturated carbocycles. The van der Waals surface area contributed by atoms with E-state index < -0.39 is 0 Å². The Morgan fingerprint density at radius 1 is 1.22 bits per heavy atom. The Labute approximate surface area is 116 Å². The summed E-state index contributed by atoms with van der Waals surface area (Å²) in [4.78, 5) is 1.32. The van der Waals surface area contributed by atoms with Gasteiger partial charge in [0, 0.05) is 24.7 Å². The van der Waals surface area contributed by atoms with E-state index in [4.69, 9.17) is 4.74 Å². The van der Waals surface area contributed by atoms with Gasteiger partial charge < -0.3 is 10.1 Å². The number of hydrogen-bond donors (Lipinski definition) is 1. The van der Waals surface area contributed by atoms with Crippen LogP contribution in [0.4, 0.5) is 0 Å². The number of hydrogen-bond acceptors (Lipinski definition) is 3. The highest BCUT2D eigenvalue weighted by atomic mass is 32.2. The van der Waals surface area contributed by atoms with Crippen LogP contribution in [0.2, 0.25) is 0 Å². The zero-order valence-corrected chi connectivity index (χ0v) is 12.6. The van der Waals surface area contributed by atoms with Crippen LogP contribution in [-0.4, -0.2) is 26.0 Å². The van der Waals surface area contributed by atoms with Gasteiger partial charge in [-0.1, -0.05) is 26.0 Å². The Hall–Kier alpha value is -0.510. The Kier molecular flexibility index (Phi) is 8.14. The maximum atomic E-state index is 5.53. The molecule has 0 bridgehead atoms. The fourth-order valence-corrected chi connectivity index (χ4v) is 2.00. The van der Waals surface area contributed by atoms with Crippen molar-refractivity contribution >= 4 is 11.8 Å². The summed E-state index contributed by atoms with van der Waals surface area (Å²) < 4.78 is 5.53. The smallest absolute Gasteiger partial charge is 0.0489 e. The van der Waals surface area contributed by atoms with Gasteiger partial charge in [-0.05, 0) is 42.8 Å². The first-order valence-electron chi connectivity index (χ1n) is 6.63. The number of nitrogens with one attached hydrogen (secondary N) is 1. The van der Waals surface area contributed by atoms with Crippen LogP contribution in [0, 0.1) is 5.92 Å². The first-order valence-corrected chi connectivity index (χ1v) is 7.86. The van der Waals surface area contributed by atoms with Crippen molar-refractivity contribution in [3.63, 3.8) is 0 Å². The van der Waals surface area contributed by atoms with Crippen molar-refractivity contribution in [3.05, 3.63) is 29.8 Å². The lowest BCUT2D eigenvalue weighted by Crippen LogP contribution is -2.16. The summed E-state index contributed by atoms with van der Waals surface area (Å²) in [6.07, 6.45) is 3.18. The molecule has 1 rings (SSSR count). The molecule has 0 unspecified atom stereocenters. The van der Waals surface area contributed by atoms with Crippen LogP contribution in [0.1, 0.15) is 25.8 Å². The summed E-state index contributed by atoms with van der Waals surface area (Å²) >= 11 is 1.78. The highest BCUT2D eigenvalue weighted by Gasteiger charge is 1.95. The zero-order chi connectivity index (χ0) is 13.2. The molecular weight excluding hydrogens is 242 g/mol. The molecule has 0 spiro atoms. The van der Waals surface area contributed by atoms with Crippen LogP contribution in [0.25, 0.3) is 0 Å². The minimum atomic E-state index is 0.632. The fourth-order valence-electron chi connectivity index (χ4n) is 1.59. The second-order valence-electron chi connectivity index (χ2n) is 4.85. The second-order valence-corrected chi connectivity index (χ2v) is 5.73. The summed E-state index contributed by atoms with van der Waals surface area (Å²) in [5.41, 5.74) is 1.34. The summed E-state index contributed by atoms with van der Waals surface area (Å²) in [5.74, 6) is 0.632. The first-order chi connectivity index (χ1) is 8.72. The summed E-state index contributed by atoms with van der Waals surface area (Å²) in [6.45, 7) is 8.04. The van der Waals surface area contributed by atoms with Gasteiger partial charge in [-0.15, -0.1) is 11.8 Å². The van der Waals surface area contributed by atoms with Gasteiger partial charge >= 0.3 is 0 Å². The van der Waals surface area contributed by atoms with Crippen LogP contribution < -0.4 is 5.32 Å². The zero-order valence-electron chi connectivity index (χ0n) is 11.7. The molecule has 0 aliphatic rings. The predicted octanol–water partition coefficient (Wildman–Crippen LogP) is 3.56. The van der Waals surface area contributed by atoms with E-state index in [-0.39, 0.29) is 0 Å². The van der Waals surface area contributed by atoms with Gasteiger partial charge in [-0.25, -0.2) is 0 Å². The summed E-state index contributed by atoms with van der Waals surface area (Å²) in [5, 5.41) is 3.44. The molecule has 3 heteroatoms. The topological polar surface area (TPSA) is 21.3 Å². The van der Waals surface area contributed by atoms with E-state index >= 15 is 0 Å². The molecule has 0 amide bonds.